The van der Waals surface area contributed by atoms with Crippen LogP contribution in [-0.4, -0.2) is 46.9 Å². The Kier molecular flexibility index (Phi) is 43.1. The summed E-state index contributed by atoms with van der Waals surface area (Å²) in [5.74, 6) is -0.592. The van der Waals surface area contributed by atoms with Crippen LogP contribution in [0.3, 0.4) is 0 Å². The largest absolute Gasteiger partial charge is 0.458 e. The Bertz CT molecular complexity index is 889. The molecule has 0 saturated heterocycles. The van der Waals surface area contributed by atoms with Gasteiger partial charge in [0.25, 0.3) is 0 Å². The second kappa shape index (κ2) is 44.4. The average molecular weight is 790 g/mol. The molecule has 0 aliphatic carbocycles. The standard InChI is InChI=1S/C50H95NO5/c1-4-7-10-13-16-19-22-24-25-28-31-34-37-40-43-50(55)56-46(41-38-35-32-29-26-21-18-15-12-9-6-3)44-49(54)51-47(45-52)48(53)42-39-36-33-30-27-23-20-17-14-11-8-5-2/h29,32,38,41,46-48,52-53H,4-28,30-31,33-37,39-40,42-45H2,1-3H3,(H,51,54)/b32-29-,41-38+. The maximum absolute atomic E-state index is 13.1. The van der Waals surface area contributed by atoms with Crippen LogP contribution in [0.25, 0.3) is 0 Å². The van der Waals surface area contributed by atoms with Gasteiger partial charge in [-0.05, 0) is 38.2 Å². The van der Waals surface area contributed by atoms with Gasteiger partial charge in [-0.15, -0.1) is 0 Å². The Labute approximate surface area is 348 Å². The molecule has 330 valence electrons. The van der Waals surface area contributed by atoms with Crippen LogP contribution in [-0.2, 0) is 14.3 Å². The van der Waals surface area contributed by atoms with E-state index in [4.69, 9.17) is 4.74 Å². The molecule has 3 N–H and O–H groups in total. The Balaban J connectivity index is 4.60. The van der Waals surface area contributed by atoms with E-state index in [1.54, 1.807) is 0 Å². The number of unbranched alkanes of at least 4 members (excludes halogenated alkanes) is 30. The highest BCUT2D eigenvalue weighted by atomic mass is 16.5. The smallest absolute Gasteiger partial charge is 0.306 e. The van der Waals surface area contributed by atoms with Crippen molar-refractivity contribution in [1.29, 1.82) is 0 Å². The molecule has 0 saturated carbocycles. The van der Waals surface area contributed by atoms with Crippen molar-refractivity contribution in [2.45, 2.75) is 277 Å². The van der Waals surface area contributed by atoms with Gasteiger partial charge < -0.3 is 20.3 Å². The van der Waals surface area contributed by atoms with Gasteiger partial charge in [0.1, 0.15) is 6.10 Å². The molecule has 0 aliphatic rings. The van der Waals surface area contributed by atoms with Gasteiger partial charge in [0.2, 0.25) is 5.91 Å². The highest BCUT2D eigenvalue weighted by Gasteiger charge is 2.23. The highest BCUT2D eigenvalue weighted by Crippen LogP contribution is 2.16. The predicted molar refractivity (Wildman–Crippen MR) is 241 cm³/mol. The molecule has 56 heavy (non-hydrogen) atoms. The maximum atomic E-state index is 13.1. The van der Waals surface area contributed by atoms with E-state index in [-0.39, 0.29) is 24.9 Å². The number of esters is 1. The highest BCUT2D eigenvalue weighted by molar-refractivity contribution is 5.78. The van der Waals surface area contributed by atoms with E-state index >= 15 is 0 Å². The first-order chi connectivity index (χ1) is 27.5. The zero-order chi connectivity index (χ0) is 41.0. The third-order valence-electron chi connectivity index (χ3n) is 11.3. The van der Waals surface area contributed by atoms with E-state index in [1.807, 2.05) is 12.2 Å². The fourth-order valence-electron chi connectivity index (χ4n) is 7.51. The van der Waals surface area contributed by atoms with Gasteiger partial charge in [-0.2, -0.15) is 0 Å². The van der Waals surface area contributed by atoms with Crippen LogP contribution in [0.5, 0.6) is 0 Å². The fourth-order valence-corrected chi connectivity index (χ4v) is 7.51. The summed E-state index contributed by atoms with van der Waals surface area (Å²) in [5, 5.41) is 23.6. The van der Waals surface area contributed by atoms with Gasteiger partial charge in [-0.3, -0.25) is 9.59 Å². The molecule has 0 fully saturated rings. The molecule has 3 unspecified atom stereocenters. The lowest BCUT2D eigenvalue weighted by Crippen LogP contribution is -2.46. The minimum atomic E-state index is -0.805. The van der Waals surface area contributed by atoms with Crippen molar-refractivity contribution in [3.8, 4) is 0 Å². The first-order valence-electron chi connectivity index (χ1n) is 24.6. The van der Waals surface area contributed by atoms with E-state index in [9.17, 15) is 19.8 Å². The Morgan fingerprint density at radius 1 is 0.536 bits per heavy atom. The molecule has 0 aromatic heterocycles. The van der Waals surface area contributed by atoms with Crippen molar-refractivity contribution >= 4 is 11.9 Å². The van der Waals surface area contributed by atoms with Gasteiger partial charge in [0.05, 0.1) is 25.2 Å². The van der Waals surface area contributed by atoms with Crippen LogP contribution in [0.2, 0.25) is 0 Å². The molecule has 6 nitrogen and oxygen atoms in total. The van der Waals surface area contributed by atoms with Crippen LogP contribution in [0.15, 0.2) is 24.3 Å². The monoisotopic (exact) mass is 790 g/mol. The van der Waals surface area contributed by atoms with Crippen molar-refractivity contribution in [3.63, 3.8) is 0 Å². The minimum absolute atomic E-state index is 0.0235. The number of carbonyl (C=O) groups is 2. The Morgan fingerprint density at radius 2 is 0.946 bits per heavy atom. The third-order valence-corrected chi connectivity index (χ3v) is 11.3. The predicted octanol–water partition coefficient (Wildman–Crippen LogP) is 14.3. The molecule has 0 heterocycles. The van der Waals surface area contributed by atoms with E-state index in [0.717, 1.165) is 51.4 Å². The summed E-state index contributed by atoms with van der Waals surface area (Å²) in [4.78, 5) is 26.0. The summed E-state index contributed by atoms with van der Waals surface area (Å²) in [7, 11) is 0. The van der Waals surface area contributed by atoms with Gasteiger partial charge in [-0.1, -0.05) is 232 Å². The molecular formula is C50H95NO5. The summed E-state index contributed by atoms with van der Waals surface area (Å²) in [6.07, 6.45) is 49.8. The van der Waals surface area contributed by atoms with Gasteiger partial charge in [0.15, 0.2) is 0 Å². The molecule has 0 bridgehead atoms. The molecule has 0 spiro atoms. The number of allylic oxidation sites excluding steroid dienone is 3. The molecule has 0 aromatic carbocycles. The minimum Gasteiger partial charge on any atom is -0.458 e. The second-order valence-corrected chi connectivity index (χ2v) is 16.9. The number of hydrogen-bond acceptors (Lipinski definition) is 5. The van der Waals surface area contributed by atoms with Gasteiger partial charge in [0, 0.05) is 6.42 Å². The van der Waals surface area contributed by atoms with Crippen LogP contribution in [0.4, 0.5) is 0 Å². The van der Waals surface area contributed by atoms with Crippen molar-refractivity contribution in [3.05, 3.63) is 24.3 Å². The topological polar surface area (TPSA) is 95.9 Å². The Morgan fingerprint density at radius 3 is 1.39 bits per heavy atom. The van der Waals surface area contributed by atoms with Crippen molar-refractivity contribution in [1.82, 2.24) is 5.32 Å². The molecular weight excluding hydrogens is 695 g/mol. The summed E-state index contributed by atoms with van der Waals surface area (Å²) in [6.45, 7) is 6.44. The number of rotatable bonds is 44. The number of nitrogens with one attached hydrogen (secondary N) is 1. The van der Waals surface area contributed by atoms with E-state index in [2.05, 4.69) is 38.2 Å². The SMILES string of the molecule is CCCCCCCC/C=C\C/C=C/C(CC(=O)NC(CO)C(O)CCCCCCCCCCCCCC)OC(=O)CCCCCCCCCCCCCCCC. The number of aliphatic hydroxyl groups excluding tert-OH is 2. The maximum Gasteiger partial charge on any atom is 0.306 e. The average Bonchev–Trinajstić information content (AvgIpc) is 3.19. The van der Waals surface area contributed by atoms with Gasteiger partial charge in [-0.25, -0.2) is 0 Å². The van der Waals surface area contributed by atoms with Gasteiger partial charge >= 0.3 is 5.97 Å². The fraction of sp³-hybridized carbons (Fsp3) is 0.880. The number of hydrogen-bond donors (Lipinski definition) is 3. The number of aliphatic hydroxyl groups is 2. The zero-order valence-corrected chi connectivity index (χ0v) is 37.5. The number of carbonyl (C=O) groups excluding carboxylic acids is 2. The molecule has 0 rings (SSSR count). The molecule has 1 amide bonds. The first kappa shape index (κ1) is 54.3. The molecule has 3 atom stereocenters. The lowest BCUT2D eigenvalue weighted by Gasteiger charge is -2.23. The lowest BCUT2D eigenvalue weighted by molar-refractivity contribution is -0.148. The normalized spacial score (nSPS) is 13.4. The first-order valence-corrected chi connectivity index (χ1v) is 24.6. The van der Waals surface area contributed by atoms with Crippen molar-refractivity contribution in [2.24, 2.45) is 0 Å². The van der Waals surface area contributed by atoms with E-state index in [1.165, 1.54) is 167 Å². The summed E-state index contributed by atoms with van der Waals surface area (Å²) >= 11 is 0. The zero-order valence-electron chi connectivity index (χ0n) is 37.5. The molecule has 0 aromatic rings. The summed E-state index contributed by atoms with van der Waals surface area (Å²) in [5.41, 5.74) is 0. The number of ether oxygens (including phenoxy) is 1. The third kappa shape index (κ3) is 39.2. The van der Waals surface area contributed by atoms with Crippen LogP contribution < -0.4 is 5.32 Å². The van der Waals surface area contributed by atoms with Crippen LogP contribution in [0, 0.1) is 0 Å². The van der Waals surface area contributed by atoms with Crippen LogP contribution >= 0.6 is 0 Å². The summed E-state index contributed by atoms with van der Waals surface area (Å²) < 4.78 is 5.82. The Hall–Kier alpha value is -1.66. The molecule has 0 radical (unpaired) electrons. The lowest BCUT2D eigenvalue weighted by atomic mass is 10.0. The van der Waals surface area contributed by atoms with Crippen molar-refractivity contribution in [2.75, 3.05) is 6.61 Å². The number of amides is 1. The molecule has 0 aliphatic heterocycles. The molecule has 6 heteroatoms. The second-order valence-electron chi connectivity index (χ2n) is 16.9. The van der Waals surface area contributed by atoms with E-state index < -0.39 is 18.2 Å². The quantitative estimate of drug-likeness (QED) is 0.0324. The van der Waals surface area contributed by atoms with E-state index in [0.29, 0.717) is 12.8 Å². The van der Waals surface area contributed by atoms with Crippen molar-refractivity contribution < 1.29 is 24.5 Å². The van der Waals surface area contributed by atoms with Crippen LogP contribution in [0.1, 0.15) is 258 Å². The summed E-state index contributed by atoms with van der Waals surface area (Å²) in [6, 6.07) is -0.726.